The van der Waals surface area contributed by atoms with Gasteiger partial charge in [-0.1, -0.05) is 17.7 Å². The highest BCUT2D eigenvalue weighted by atomic mass is 35.5. The SMILES string of the molecule is COc1cc(OC)cc(C(=O)Nc2ccc(Nc3cccc(Cl)c3)cc2)c1. The van der Waals surface area contributed by atoms with Crippen LogP contribution in [-0.4, -0.2) is 20.1 Å². The Balaban J connectivity index is 1.70. The quantitative estimate of drug-likeness (QED) is 0.603. The molecule has 1 amide bonds. The van der Waals surface area contributed by atoms with Gasteiger partial charge in [0, 0.05) is 33.7 Å². The van der Waals surface area contributed by atoms with Crippen LogP contribution in [-0.2, 0) is 0 Å². The number of benzene rings is 3. The Labute approximate surface area is 162 Å². The van der Waals surface area contributed by atoms with Crippen LogP contribution >= 0.6 is 11.6 Å². The molecule has 3 aromatic rings. The molecule has 6 heteroatoms. The third kappa shape index (κ3) is 4.92. The number of carbonyl (C=O) groups is 1. The Kier molecular flexibility index (Phi) is 5.84. The molecule has 0 aliphatic carbocycles. The minimum atomic E-state index is -0.247. The fourth-order valence-electron chi connectivity index (χ4n) is 2.51. The van der Waals surface area contributed by atoms with E-state index in [-0.39, 0.29) is 5.91 Å². The van der Waals surface area contributed by atoms with Crippen LogP contribution in [0.3, 0.4) is 0 Å². The average Bonchev–Trinajstić information content (AvgIpc) is 2.69. The van der Waals surface area contributed by atoms with Crippen molar-refractivity contribution in [2.75, 3.05) is 24.9 Å². The minimum absolute atomic E-state index is 0.247. The van der Waals surface area contributed by atoms with E-state index in [9.17, 15) is 4.79 Å². The number of rotatable bonds is 6. The van der Waals surface area contributed by atoms with Gasteiger partial charge >= 0.3 is 0 Å². The highest BCUT2D eigenvalue weighted by Crippen LogP contribution is 2.24. The third-order valence-corrected chi connectivity index (χ3v) is 4.10. The van der Waals surface area contributed by atoms with E-state index in [1.165, 1.54) is 0 Å². The van der Waals surface area contributed by atoms with E-state index in [1.54, 1.807) is 32.4 Å². The number of anilines is 3. The molecule has 0 unspecified atom stereocenters. The Hall–Kier alpha value is -3.18. The number of carbonyl (C=O) groups excluding carboxylic acids is 1. The molecule has 3 rings (SSSR count). The molecule has 0 saturated heterocycles. The molecular formula is C21H19ClN2O3. The van der Waals surface area contributed by atoms with E-state index in [0.717, 1.165) is 11.4 Å². The summed E-state index contributed by atoms with van der Waals surface area (Å²) >= 11 is 5.99. The largest absolute Gasteiger partial charge is 0.497 e. The molecule has 5 nitrogen and oxygen atoms in total. The first kappa shape index (κ1) is 18.6. The normalized spacial score (nSPS) is 10.2. The molecule has 0 atom stereocenters. The van der Waals surface area contributed by atoms with Crippen molar-refractivity contribution in [1.29, 1.82) is 0 Å². The smallest absolute Gasteiger partial charge is 0.255 e. The topological polar surface area (TPSA) is 59.6 Å². The summed E-state index contributed by atoms with van der Waals surface area (Å²) in [5.74, 6) is 0.865. The van der Waals surface area contributed by atoms with E-state index >= 15 is 0 Å². The minimum Gasteiger partial charge on any atom is -0.497 e. The van der Waals surface area contributed by atoms with E-state index < -0.39 is 0 Å². The number of nitrogens with one attached hydrogen (secondary N) is 2. The van der Waals surface area contributed by atoms with Gasteiger partial charge in [-0.3, -0.25) is 4.79 Å². The summed E-state index contributed by atoms with van der Waals surface area (Å²) in [6.45, 7) is 0. The molecule has 0 saturated carbocycles. The third-order valence-electron chi connectivity index (χ3n) is 3.87. The van der Waals surface area contributed by atoms with Gasteiger partial charge in [0.05, 0.1) is 14.2 Å². The van der Waals surface area contributed by atoms with Crippen molar-refractivity contribution in [3.8, 4) is 11.5 Å². The molecule has 27 heavy (non-hydrogen) atoms. The van der Waals surface area contributed by atoms with E-state index in [4.69, 9.17) is 21.1 Å². The number of ether oxygens (including phenoxy) is 2. The molecule has 0 aliphatic rings. The second-order valence-electron chi connectivity index (χ2n) is 5.77. The molecular weight excluding hydrogens is 364 g/mol. The molecule has 0 aliphatic heterocycles. The predicted octanol–water partition coefficient (Wildman–Crippen LogP) is 5.35. The van der Waals surface area contributed by atoms with Gasteiger partial charge < -0.3 is 20.1 Å². The van der Waals surface area contributed by atoms with Crippen LogP contribution in [0.25, 0.3) is 0 Å². The zero-order valence-corrected chi connectivity index (χ0v) is 15.7. The number of amides is 1. The fraction of sp³-hybridized carbons (Fsp3) is 0.0952. The lowest BCUT2D eigenvalue weighted by atomic mass is 10.1. The van der Waals surface area contributed by atoms with Gasteiger partial charge in [-0.15, -0.1) is 0 Å². The molecule has 0 aromatic heterocycles. The van der Waals surface area contributed by atoms with Gasteiger partial charge in [0.25, 0.3) is 5.91 Å². The van der Waals surface area contributed by atoms with Gasteiger partial charge in [0.15, 0.2) is 0 Å². The number of halogens is 1. The second-order valence-corrected chi connectivity index (χ2v) is 6.20. The first-order valence-corrected chi connectivity index (χ1v) is 8.62. The van der Waals surface area contributed by atoms with Crippen molar-refractivity contribution >= 4 is 34.6 Å². The van der Waals surface area contributed by atoms with Crippen molar-refractivity contribution in [1.82, 2.24) is 0 Å². The van der Waals surface area contributed by atoms with Crippen molar-refractivity contribution in [3.63, 3.8) is 0 Å². The van der Waals surface area contributed by atoms with Crippen LogP contribution in [0.15, 0.2) is 66.7 Å². The lowest BCUT2D eigenvalue weighted by Crippen LogP contribution is -2.12. The van der Waals surface area contributed by atoms with Gasteiger partial charge in [-0.05, 0) is 54.6 Å². The molecule has 138 valence electrons. The molecule has 3 aromatic carbocycles. The van der Waals surface area contributed by atoms with Crippen LogP contribution in [0.5, 0.6) is 11.5 Å². The Morgan fingerprint density at radius 1 is 0.815 bits per heavy atom. The molecule has 0 heterocycles. The van der Waals surface area contributed by atoms with Crippen LogP contribution in [0.4, 0.5) is 17.1 Å². The van der Waals surface area contributed by atoms with Crippen molar-refractivity contribution in [2.24, 2.45) is 0 Å². The fourth-order valence-corrected chi connectivity index (χ4v) is 2.70. The number of methoxy groups -OCH3 is 2. The summed E-state index contributed by atoms with van der Waals surface area (Å²) in [5.41, 5.74) is 2.91. The highest BCUT2D eigenvalue weighted by Gasteiger charge is 2.10. The lowest BCUT2D eigenvalue weighted by molar-refractivity contribution is 0.102. The van der Waals surface area contributed by atoms with Gasteiger partial charge in [0.1, 0.15) is 11.5 Å². The molecule has 0 fully saturated rings. The van der Waals surface area contributed by atoms with Crippen LogP contribution in [0, 0.1) is 0 Å². The maximum Gasteiger partial charge on any atom is 0.255 e. The zero-order valence-electron chi connectivity index (χ0n) is 15.0. The molecule has 0 spiro atoms. The lowest BCUT2D eigenvalue weighted by Gasteiger charge is -2.11. The van der Waals surface area contributed by atoms with Gasteiger partial charge in [-0.2, -0.15) is 0 Å². The van der Waals surface area contributed by atoms with E-state index in [1.807, 2.05) is 48.5 Å². The Morgan fingerprint density at radius 2 is 1.44 bits per heavy atom. The summed E-state index contributed by atoms with van der Waals surface area (Å²) in [5, 5.41) is 6.78. The summed E-state index contributed by atoms with van der Waals surface area (Å²) in [4.78, 5) is 12.5. The zero-order chi connectivity index (χ0) is 19.2. The summed E-state index contributed by atoms with van der Waals surface area (Å²) in [6, 6.07) is 19.9. The number of hydrogen-bond donors (Lipinski definition) is 2. The monoisotopic (exact) mass is 382 g/mol. The van der Waals surface area contributed by atoms with Crippen LogP contribution in [0.2, 0.25) is 5.02 Å². The first-order valence-electron chi connectivity index (χ1n) is 8.24. The van der Waals surface area contributed by atoms with E-state index in [0.29, 0.717) is 27.8 Å². The maximum absolute atomic E-state index is 12.5. The number of hydrogen-bond acceptors (Lipinski definition) is 4. The summed E-state index contributed by atoms with van der Waals surface area (Å²) in [7, 11) is 3.09. The molecule has 2 N–H and O–H groups in total. The average molecular weight is 383 g/mol. The van der Waals surface area contributed by atoms with E-state index in [2.05, 4.69) is 10.6 Å². The molecule has 0 bridgehead atoms. The van der Waals surface area contributed by atoms with Crippen molar-refractivity contribution in [3.05, 3.63) is 77.3 Å². The van der Waals surface area contributed by atoms with Gasteiger partial charge in [0.2, 0.25) is 0 Å². The standard InChI is InChI=1S/C21H19ClN2O3/c1-26-19-10-14(11-20(13-19)27-2)21(25)24-17-8-6-16(7-9-17)23-18-5-3-4-15(22)12-18/h3-13,23H,1-2H3,(H,24,25). The summed E-state index contributed by atoms with van der Waals surface area (Å²) < 4.78 is 10.4. The van der Waals surface area contributed by atoms with Crippen molar-refractivity contribution < 1.29 is 14.3 Å². The maximum atomic E-state index is 12.5. The highest BCUT2D eigenvalue weighted by molar-refractivity contribution is 6.30. The Morgan fingerprint density at radius 3 is 2.04 bits per heavy atom. The second kappa shape index (κ2) is 8.47. The predicted molar refractivity (Wildman–Crippen MR) is 109 cm³/mol. The first-order chi connectivity index (χ1) is 13.1. The summed E-state index contributed by atoms with van der Waals surface area (Å²) in [6.07, 6.45) is 0. The van der Waals surface area contributed by atoms with Crippen LogP contribution < -0.4 is 20.1 Å². The van der Waals surface area contributed by atoms with Gasteiger partial charge in [-0.25, -0.2) is 0 Å². The molecule has 0 radical (unpaired) electrons. The Bertz CT molecular complexity index is 920. The van der Waals surface area contributed by atoms with Crippen LogP contribution in [0.1, 0.15) is 10.4 Å². The van der Waals surface area contributed by atoms with Crippen molar-refractivity contribution in [2.45, 2.75) is 0 Å².